The molecule has 2 heteroatoms. The van der Waals surface area contributed by atoms with Gasteiger partial charge in [-0.2, -0.15) is 0 Å². The second kappa shape index (κ2) is 8.02. The highest BCUT2D eigenvalue weighted by Crippen LogP contribution is 2.07. The van der Waals surface area contributed by atoms with E-state index < -0.39 is 0 Å². The van der Waals surface area contributed by atoms with Gasteiger partial charge in [-0.3, -0.25) is 0 Å². The predicted molar refractivity (Wildman–Crippen MR) is 46.5 cm³/mol. The summed E-state index contributed by atoms with van der Waals surface area (Å²) < 4.78 is 10.2. The van der Waals surface area contributed by atoms with Crippen molar-refractivity contribution in [2.75, 3.05) is 20.8 Å². The second-order valence-electron chi connectivity index (χ2n) is 2.63. The Labute approximate surface area is 69.9 Å². The van der Waals surface area contributed by atoms with E-state index in [1.807, 2.05) is 0 Å². The average Bonchev–Trinajstić information content (AvgIpc) is 2.05. The highest BCUT2D eigenvalue weighted by molar-refractivity contribution is 4.57. The summed E-state index contributed by atoms with van der Waals surface area (Å²) in [5.41, 5.74) is 0. The van der Waals surface area contributed by atoms with Gasteiger partial charge in [-0.1, -0.05) is 19.8 Å². The zero-order chi connectivity index (χ0) is 8.53. The Morgan fingerprint density at radius 3 is 2.45 bits per heavy atom. The smallest absolute Gasteiger partial charge is 0.0593 e. The first-order valence-electron chi connectivity index (χ1n) is 4.16. The molecule has 0 aliphatic heterocycles. The Bertz CT molecular complexity index is 66.0. The van der Waals surface area contributed by atoms with Crippen molar-refractivity contribution < 1.29 is 9.47 Å². The molecule has 0 bridgehead atoms. The summed E-state index contributed by atoms with van der Waals surface area (Å²) in [6.45, 7) is 4.57. The summed E-state index contributed by atoms with van der Waals surface area (Å²) in [6, 6.07) is 0. The van der Waals surface area contributed by atoms with Crippen LogP contribution in [0.1, 0.15) is 25.7 Å². The van der Waals surface area contributed by atoms with Crippen LogP contribution in [0.15, 0.2) is 0 Å². The maximum absolute atomic E-state index is 5.25. The van der Waals surface area contributed by atoms with Crippen molar-refractivity contribution in [3.63, 3.8) is 0 Å². The summed E-state index contributed by atoms with van der Waals surface area (Å²) in [4.78, 5) is 0. The Balaban J connectivity index is 3.25. The van der Waals surface area contributed by atoms with Gasteiger partial charge in [0.2, 0.25) is 0 Å². The molecular formula is C9H19O2. The first-order chi connectivity index (χ1) is 5.35. The molecule has 11 heavy (non-hydrogen) atoms. The van der Waals surface area contributed by atoms with Crippen LogP contribution in [0.25, 0.3) is 0 Å². The number of ether oxygens (including phenoxy) is 2. The molecular weight excluding hydrogens is 140 g/mol. The molecule has 1 radical (unpaired) electrons. The third kappa shape index (κ3) is 6.32. The third-order valence-corrected chi connectivity index (χ3v) is 1.75. The monoisotopic (exact) mass is 159 g/mol. The lowest BCUT2D eigenvalue weighted by Gasteiger charge is -2.13. The summed E-state index contributed by atoms with van der Waals surface area (Å²) >= 11 is 0. The quantitative estimate of drug-likeness (QED) is 0.566. The molecule has 67 valence electrons. The van der Waals surface area contributed by atoms with Crippen LogP contribution in [0.3, 0.4) is 0 Å². The molecule has 0 spiro atoms. The van der Waals surface area contributed by atoms with E-state index in [1.165, 1.54) is 0 Å². The highest BCUT2D eigenvalue weighted by atomic mass is 16.5. The Morgan fingerprint density at radius 1 is 1.27 bits per heavy atom. The van der Waals surface area contributed by atoms with Gasteiger partial charge in [0.15, 0.2) is 0 Å². The summed E-state index contributed by atoms with van der Waals surface area (Å²) in [5.74, 6) is 0. The summed E-state index contributed by atoms with van der Waals surface area (Å²) in [7, 11) is 3.47. The largest absolute Gasteiger partial charge is 0.385 e. The first kappa shape index (κ1) is 10.9. The van der Waals surface area contributed by atoms with Crippen molar-refractivity contribution in [2.24, 2.45) is 0 Å². The molecule has 0 aliphatic carbocycles. The molecule has 0 saturated carbocycles. The number of hydrogen-bond donors (Lipinski definition) is 0. The molecule has 0 fully saturated rings. The number of methoxy groups -OCH3 is 2. The summed E-state index contributed by atoms with van der Waals surface area (Å²) in [5, 5.41) is 0. The Morgan fingerprint density at radius 2 is 2.00 bits per heavy atom. The van der Waals surface area contributed by atoms with Crippen LogP contribution in [-0.2, 0) is 9.47 Å². The Kier molecular flexibility index (Phi) is 7.96. The van der Waals surface area contributed by atoms with E-state index in [1.54, 1.807) is 14.2 Å². The topological polar surface area (TPSA) is 18.5 Å². The lowest BCUT2D eigenvalue weighted by atomic mass is 10.1. The van der Waals surface area contributed by atoms with Gasteiger partial charge in [0.1, 0.15) is 0 Å². The fourth-order valence-corrected chi connectivity index (χ4v) is 1.00. The fraction of sp³-hybridized carbons (Fsp3) is 0.889. The zero-order valence-electron chi connectivity index (χ0n) is 7.64. The normalized spacial score (nSPS) is 13.4. The molecule has 0 saturated heterocycles. The minimum atomic E-state index is 0.358. The maximum Gasteiger partial charge on any atom is 0.0593 e. The van der Waals surface area contributed by atoms with E-state index in [-0.39, 0.29) is 0 Å². The van der Waals surface area contributed by atoms with Crippen molar-refractivity contribution in [1.29, 1.82) is 0 Å². The molecule has 0 N–H and O–H groups in total. The molecule has 0 rings (SSSR count). The fourth-order valence-electron chi connectivity index (χ4n) is 1.00. The van der Waals surface area contributed by atoms with E-state index in [4.69, 9.17) is 9.47 Å². The van der Waals surface area contributed by atoms with Crippen molar-refractivity contribution in [2.45, 2.75) is 31.8 Å². The maximum atomic E-state index is 5.25. The van der Waals surface area contributed by atoms with E-state index in [2.05, 4.69) is 6.92 Å². The standard InChI is InChI=1S/C9H19O2/c1-4-5-6-9(11-3)7-8-10-2/h9H,1,4-8H2,2-3H3. The van der Waals surface area contributed by atoms with E-state index in [9.17, 15) is 0 Å². The lowest BCUT2D eigenvalue weighted by Crippen LogP contribution is -2.12. The van der Waals surface area contributed by atoms with Crippen molar-refractivity contribution in [3.05, 3.63) is 6.92 Å². The van der Waals surface area contributed by atoms with Crippen LogP contribution in [0, 0.1) is 6.92 Å². The van der Waals surface area contributed by atoms with Crippen LogP contribution in [0.2, 0.25) is 0 Å². The summed E-state index contributed by atoms with van der Waals surface area (Å²) in [6.07, 6.45) is 4.59. The molecule has 1 atom stereocenters. The molecule has 1 unspecified atom stereocenters. The second-order valence-corrected chi connectivity index (χ2v) is 2.63. The van der Waals surface area contributed by atoms with E-state index in [0.717, 1.165) is 32.3 Å². The van der Waals surface area contributed by atoms with Crippen molar-refractivity contribution in [3.8, 4) is 0 Å². The van der Waals surface area contributed by atoms with E-state index >= 15 is 0 Å². The van der Waals surface area contributed by atoms with Gasteiger partial charge in [0, 0.05) is 20.8 Å². The zero-order valence-corrected chi connectivity index (χ0v) is 7.64. The Hall–Kier alpha value is -0.0800. The highest BCUT2D eigenvalue weighted by Gasteiger charge is 2.04. The lowest BCUT2D eigenvalue weighted by molar-refractivity contribution is 0.0596. The van der Waals surface area contributed by atoms with Gasteiger partial charge in [0.05, 0.1) is 6.10 Å². The van der Waals surface area contributed by atoms with Gasteiger partial charge in [-0.05, 0) is 12.8 Å². The molecule has 2 nitrogen and oxygen atoms in total. The predicted octanol–water partition coefficient (Wildman–Crippen LogP) is 2.04. The number of rotatable bonds is 7. The van der Waals surface area contributed by atoms with E-state index in [0.29, 0.717) is 6.10 Å². The van der Waals surface area contributed by atoms with Crippen LogP contribution in [0.5, 0.6) is 0 Å². The molecule has 0 aromatic heterocycles. The van der Waals surface area contributed by atoms with Crippen molar-refractivity contribution >= 4 is 0 Å². The molecule has 0 aromatic rings. The molecule has 0 aliphatic rings. The van der Waals surface area contributed by atoms with Gasteiger partial charge in [-0.15, -0.1) is 0 Å². The van der Waals surface area contributed by atoms with Gasteiger partial charge >= 0.3 is 0 Å². The molecule has 0 amide bonds. The van der Waals surface area contributed by atoms with Gasteiger partial charge in [-0.25, -0.2) is 0 Å². The minimum absolute atomic E-state index is 0.358. The average molecular weight is 159 g/mol. The first-order valence-corrected chi connectivity index (χ1v) is 4.16. The van der Waals surface area contributed by atoms with Crippen LogP contribution in [0.4, 0.5) is 0 Å². The van der Waals surface area contributed by atoms with Crippen LogP contribution in [-0.4, -0.2) is 26.9 Å². The number of unbranched alkanes of at least 4 members (excludes halogenated alkanes) is 1. The van der Waals surface area contributed by atoms with Gasteiger partial charge < -0.3 is 9.47 Å². The van der Waals surface area contributed by atoms with Crippen LogP contribution >= 0.6 is 0 Å². The minimum Gasteiger partial charge on any atom is -0.385 e. The molecule has 0 aromatic carbocycles. The third-order valence-electron chi connectivity index (χ3n) is 1.75. The molecule has 0 heterocycles. The van der Waals surface area contributed by atoms with Crippen molar-refractivity contribution in [1.82, 2.24) is 0 Å². The van der Waals surface area contributed by atoms with Crippen LogP contribution < -0.4 is 0 Å². The van der Waals surface area contributed by atoms with Gasteiger partial charge in [0.25, 0.3) is 0 Å². The SMILES string of the molecule is [CH2]CCCC(CCOC)OC. The number of hydrogen-bond acceptors (Lipinski definition) is 2.